The fourth-order valence-corrected chi connectivity index (χ4v) is 6.85. The number of aliphatic hydroxyl groups excluding tert-OH is 7. The topological polar surface area (TPSA) is 189 Å². The third-order valence-corrected chi connectivity index (χ3v) is 10.4. The van der Waals surface area contributed by atoms with Gasteiger partial charge < -0.3 is 50.5 Å². The second-order valence-corrected chi connectivity index (χ2v) is 15.1. The number of amides is 1. The Bertz CT molecular complexity index is 805. The van der Waals surface area contributed by atoms with Gasteiger partial charge in [-0.15, -0.1) is 0 Å². The van der Waals surface area contributed by atoms with E-state index in [1.807, 2.05) is 0 Å². The molecule has 9 atom stereocenters. The van der Waals surface area contributed by atoms with Crippen molar-refractivity contribution in [1.82, 2.24) is 5.32 Å². The molecule has 0 aromatic rings. The first-order chi connectivity index (χ1) is 24.7. The molecule has 1 aliphatic rings. The minimum atomic E-state index is -1.65. The number of unbranched alkanes of at least 4 members (excludes halogenated alkanes) is 22. The Labute approximate surface area is 309 Å². The van der Waals surface area contributed by atoms with Gasteiger partial charge in [-0.3, -0.25) is 4.79 Å². The van der Waals surface area contributed by atoms with Crippen molar-refractivity contribution >= 4 is 5.91 Å². The minimum Gasteiger partial charge on any atom is -0.394 e. The number of hydrogen-bond acceptors (Lipinski definition) is 10. The lowest BCUT2D eigenvalue weighted by Crippen LogP contribution is -2.60. The first-order valence-electron chi connectivity index (χ1n) is 20.9. The van der Waals surface area contributed by atoms with Gasteiger partial charge in [-0.2, -0.15) is 0 Å². The molecule has 1 heterocycles. The van der Waals surface area contributed by atoms with Crippen LogP contribution >= 0.6 is 0 Å². The lowest BCUT2D eigenvalue weighted by molar-refractivity contribution is -0.303. The van der Waals surface area contributed by atoms with E-state index >= 15 is 0 Å². The summed E-state index contributed by atoms with van der Waals surface area (Å²) < 4.78 is 11.0. The van der Waals surface area contributed by atoms with Crippen LogP contribution in [0.2, 0.25) is 0 Å². The highest BCUT2D eigenvalue weighted by molar-refractivity contribution is 5.80. The van der Waals surface area contributed by atoms with E-state index in [1.165, 1.54) is 103 Å². The number of hydrogen-bond donors (Lipinski definition) is 8. The maximum atomic E-state index is 13.0. The normalized spacial score (nSPS) is 23.2. The molecule has 8 N–H and O–H groups in total. The van der Waals surface area contributed by atoms with Crippen molar-refractivity contribution in [3.05, 3.63) is 0 Å². The molecule has 11 heteroatoms. The van der Waals surface area contributed by atoms with Gasteiger partial charge >= 0.3 is 0 Å². The number of carbonyl (C=O) groups is 1. The predicted molar refractivity (Wildman–Crippen MR) is 201 cm³/mol. The summed E-state index contributed by atoms with van der Waals surface area (Å²) in [5, 5.41) is 75.2. The molecule has 0 radical (unpaired) electrons. The van der Waals surface area contributed by atoms with E-state index in [0.29, 0.717) is 19.3 Å². The van der Waals surface area contributed by atoms with Crippen molar-refractivity contribution in [2.24, 2.45) is 0 Å². The van der Waals surface area contributed by atoms with Crippen molar-refractivity contribution in [3.8, 4) is 0 Å². The summed E-state index contributed by atoms with van der Waals surface area (Å²) in [6, 6.07) is -1.16. The van der Waals surface area contributed by atoms with Gasteiger partial charge in [-0.1, -0.05) is 168 Å². The molecular weight excluding hydrogens is 654 g/mol. The Morgan fingerprint density at radius 1 is 0.608 bits per heavy atom. The molecule has 0 bridgehead atoms. The molecule has 1 aliphatic heterocycles. The van der Waals surface area contributed by atoms with Crippen LogP contribution in [0.25, 0.3) is 0 Å². The molecule has 1 rings (SSSR count). The first-order valence-corrected chi connectivity index (χ1v) is 20.9. The quantitative estimate of drug-likeness (QED) is 0.0390. The zero-order valence-corrected chi connectivity index (χ0v) is 32.4. The smallest absolute Gasteiger partial charge is 0.249 e. The highest BCUT2D eigenvalue weighted by Gasteiger charge is 2.44. The standard InChI is InChI=1S/C40H79NO10/c1-3-5-7-9-11-13-14-15-16-17-18-20-22-24-26-28-33(44)39(49)41-31(30-50-40-38(48)37(47)36(46)34(29-42)51-40)35(45)32(43)27-25-23-21-19-12-10-8-6-4-2/h31-38,40,42-48H,3-30H2,1-2H3,(H,41,49). The maximum Gasteiger partial charge on any atom is 0.249 e. The Kier molecular flexibility index (Phi) is 29.7. The molecule has 0 spiro atoms. The molecule has 1 amide bonds. The fraction of sp³-hybridized carbons (Fsp3) is 0.975. The Morgan fingerprint density at radius 2 is 1.02 bits per heavy atom. The van der Waals surface area contributed by atoms with Gasteiger partial charge in [0.15, 0.2) is 6.29 Å². The molecule has 0 aromatic heterocycles. The monoisotopic (exact) mass is 734 g/mol. The third-order valence-electron chi connectivity index (χ3n) is 10.4. The van der Waals surface area contributed by atoms with Crippen LogP contribution in [0.15, 0.2) is 0 Å². The number of carbonyl (C=O) groups excluding carboxylic acids is 1. The van der Waals surface area contributed by atoms with Gasteiger partial charge in [0.1, 0.15) is 36.6 Å². The number of rotatable bonds is 34. The summed E-state index contributed by atoms with van der Waals surface area (Å²) in [5.41, 5.74) is 0. The van der Waals surface area contributed by atoms with Gasteiger partial charge in [0, 0.05) is 0 Å². The molecular formula is C40H79NO10. The van der Waals surface area contributed by atoms with Crippen LogP contribution in [0.5, 0.6) is 0 Å². The van der Waals surface area contributed by atoms with Crippen LogP contribution in [-0.2, 0) is 14.3 Å². The van der Waals surface area contributed by atoms with E-state index in [9.17, 15) is 40.5 Å². The van der Waals surface area contributed by atoms with Crippen molar-refractivity contribution in [1.29, 1.82) is 0 Å². The Morgan fingerprint density at radius 3 is 1.45 bits per heavy atom. The molecule has 0 aliphatic carbocycles. The number of nitrogens with one attached hydrogen (secondary N) is 1. The van der Waals surface area contributed by atoms with Gasteiger partial charge in [0.25, 0.3) is 0 Å². The van der Waals surface area contributed by atoms with E-state index in [-0.39, 0.29) is 6.42 Å². The molecule has 0 saturated carbocycles. The van der Waals surface area contributed by atoms with Crippen molar-refractivity contribution in [3.63, 3.8) is 0 Å². The van der Waals surface area contributed by atoms with Crippen molar-refractivity contribution in [2.45, 2.75) is 236 Å². The van der Waals surface area contributed by atoms with Gasteiger partial charge in [-0.05, 0) is 12.8 Å². The average molecular weight is 734 g/mol. The van der Waals surface area contributed by atoms with Gasteiger partial charge in [-0.25, -0.2) is 0 Å². The summed E-state index contributed by atoms with van der Waals surface area (Å²) in [6.45, 7) is 3.39. The van der Waals surface area contributed by atoms with Crippen LogP contribution in [0.4, 0.5) is 0 Å². The number of ether oxygens (including phenoxy) is 2. The molecule has 11 nitrogen and oxygen atoms in total. The molecule has 1 fully saturated rings. The summed E-state index contributed by atoms with van der Waals surface area (Å²) in [7, 11) is 0. The molecule has 0 aromatic carbocycles. The lowest BCUT2D eigenvalue weighted by Gasteiger charge is -2.40. The largest absolute Gasteiger partial charge is 0.394 e. The fourth-order valence-electron chi connectivity index (χ4n) is 6.85. The van der Waals surface area contributed by atoms with E-state index in [0.717, 1.165) is 38.5 Å². The Hall–Kier alpha value is -0.890. The van der Waals surface area contributed by atoms with Gasteiger partial charge in [0.2, 0.25) is 5.91 Å². The van der Waals surface area contributed by atoms with Crippen molar-refractivity contribution in [2.75, 3.05) is 13.2 Å². The predicted octanol–water partition coefficient (Wildman–Crippen LogP) is 5.55. The number of aliphatic hydroxyl groups is 7. The molecule has 9 unspecified atom stereocenters. The summed E-state index contributed by atoms with van der Waals surface area (Å²) in [5.74, 6) is -0.697. The van der Waals surface area contributed by atoms with E-state index in [1.54, 1.807) is 0 Å². The zero-order valence-electron chi connectivity index (χ0n) is 32.4. The third kappa shape index (κ3) is 22.2. The average Bonchev–Trinajstić information content (AvgIpc) is 3.13. The molecule has 51 heavy (non-hydrogen) atoms. The minimum absolute atomic E-state index is 0.265. The summed E-state index contributed by atoms with van der Waals surface area (Å²) >= 11 is 0. The molecule has 304 valence electrons. The lowest BCUT2D eigenvalue weighted by atomic mass is 9.98. The summed E-state index contributed by atoms with van der Waals surface area (Å²) in [6.07, 6.45) is 17.4. The van der Waals surface area contributed by atoms with Crippen LogP contribution in [0, 0.1) is 0 Å². The SMILES string of the molecule is CCCCCCCCCCCCCCCCCC(O)C(=O)NC(COC1OC(CO)C(O)C(O)C1O)C(O)C(O)CCCCCCCCCCC. The van der Waals surface area contributed by atoms with Crippen LogP contribution in [0.1, 0.15) is 181 Å². The zero-order chi connectivity index (χ0) is 37.7. The van der Waals surface area contributed by atoms with E-state index < -0.39 is 74.2 Å². The second-order valence-electron chi connectivity index (χ2n) is 15.1. The van der Waals surface area contributed by atoms with Crippen molar-refractivity contribution < 1.29 is 50.0 Å². The van der Waals surface area contributed by atoms with E-state index in [4.69, 9.17) is 9.47 Å². The van der Waals surface area contributed by atoms with Gasteiger partial charge in [0.05, 0.1) is 25.4 Å². The summed E-state index contributed by atoms with van der Waals surface area (Å²) in [4.78, 5) is 13.0. The molecule has 1 saturated heterocycles. The maximum absolute atomic E-state index is 13.0. The van der Waals surface area contributed by atoms with E-state index in [2.05, 4.69) is 19.2 Å². The second kappa shape index (κ2) is 31.5. The first kappa shape index (κ1) is 48.1. The highest BCUT2D eigenvalue weighted by atomic mass is 16.7. The highest BCUT2D eigenvalue weighted by Crippen LogP contribution is 2.23. The van der Waals surface area contributed by atoms with Crippen LogP contribution in [-0.4, -0.2) is 110 Å². The van der Waals surface area contributed by atoms with Crippen LogP contribution in [0.3, 0.4) is 0 Å². The van der Waals surface area contributed by atoms with Crippen LogP contribution < -0.4 is 5.32 Å². The Balaban J connectivity index is 2.49.